The first-order valence-electron chi connectivity index (χ1n) is 8.06. The van der Waals surface area contributed by atoms with Crippen LogP contribution < -0.4 is 15.5 Å². The van der Waals surface area contributed by atoms with Crippen LogP contribution in [0.5, 0.6) is 5.75 Å². The van der Waals surface area contributed by atoms with Gasteiger partial charge in [0.2, 0.25) is 0 Å². The Bertz CT molecular complexity index is 772. The predicted molar refractivity (Wildman–Crippen MR) is 101 cm³/mol. The number of carbonyl (C=O) groups is 2. The maximum absolute atomic E-state index is 11.7. The smallest absolute Gasteiger partial charge is 0.329 e. The average molecular weight is 374 g/mol. The number of halogens is 1. The molecule has 0 radical (unpaired) electrons. The van der Waals surface area contributed by atoms with E-state index in [4.69, 9.17) is 16.3 Å². The number of rotatable bonds is 6. The van der Waals surface area contributed by atoms with E-state index >= 15 is 0 Å². The van der Waals surface area contributed by atoms with Crippen molar-refractivity contribution < 1.29 is 14.3 Å². The highest BCUT2D eigenvalue weighted by molar-refractivity contribution is 6.35. The van der Waals surface area contributed by atoms with E-state index in [1.165, 1.54) is 6.21 Å². The van der Waals surface area contributed by atoms with Gasteiger partial charge >= 0.3 is 11.8 Å². The van der Waals surface area contributed by atoms with Gasteiger partial charge < -0.3 is 10.1 Å². The van der Waals surface area contributed by atoms with Crippen molar-refractivity contribution in [3.8, 4) is 5.75 Å². The third-order valence-electron chi connectivity index (χ3n) is 3.20. The fraction of sp³-hybridized carbons (Fsp3) is 0.211. The normalized spacial score (nSPS) is 10.8. The van der Waals surface area contributed by atoms with Gasteiger partial charge in [-0.25, -0.2) is 5.43 Å². The van der Waals surface area contributed by atoms with E-state index in [0.29, 0.717) is 5.02 Å². The number of carbonyl (C=O) groups excluding carboxylic acids is 2. The van der Waals surface area contributed by atoms with E-state index in [9.17, 15) is 9.59 Å². The summed E-state index contributed by atoms with van der Waals surface area (Å²) in [4.78, 5) is 23.4. The van der Waals surface area contributed by atoms with Crippen LogP contribution in [0, 0.1) is 0 Å². The molecule has 2 amide bonds. The minimum absolute atomic E-state index is 0.0974. The highest BCUT2D eigenvalue weighted by atomic mass is 35.5. The lowest BCUT2D eigenvalue weighted by molar-refractivity contribution is -0.139. The van der Waals surface area contributed by atoms with Crippen molar-refractivity contribution in [1.29, 1.82) is 0 Å². The van der Waals surface area contributed by atoms with Crippen molar-refractivity contribution >= 4 is 29.6 Å². The number of amides is 2. The molecule has 0 saturated carbocycles. The molecule has 0 aromatic heterocycles. The molecule has 0 atom stereocenters. The summed E-state index contributed by atoms with van der Waals surface area (Å²) < 4.78 is 5.54. The molecule has 136 valence electrons. The van der Waals surface area contributed by atoms with Crippen LogP contribution in [0.4, 0.5) is 0 Å². The lowest BCUT2D eigenvalue weighted by Crippen LogP contribution is -2.37. The number of nitrogens with zero attached hydrogens (tertiary/aromatic N) is 1. The van der Waals surface area contributed by atoms with Gasteiger partial charge in [0.1, 0.15) is 5.75 Å². The standard InChI is InChI=1S/C19H20ClN3O3/c1-13(2)26-17-9-5-15(6-10-17)12-22-23-19(25)18(24)21-11-14-3-7-16(20)8-4-14/h3-10,12-13H,11H2,1-2H3,(H,21,24)(H,23,25)/b22-12-. The van der Waals surface area contributed by atoms with Crippen LogP contribution in [0.3, 0.4) is 0 Å². The molecule has 0 saturated heterocycles. The zero-order valence-electron chi connectivity index (χ0n) is 14.5. The molecule has 7 heteroatoms. The van der Waals surface area contributed by atoms with Crippen LogP contribution in [-0.2, 0) is 16.1 Å². The van der Waals surface area contributed by atoms with Crippen LogP contribution in [0.25, 0.3) is 0 Å². The van der Waals surface area contributed by atoms with Gasteiger partial charge in [0, 0.05) is 11.6 Å². The van der Waals surface area contributed by atoms with Gasteiger partial charge in [-0.2, -0.15) is 5.10 Å². The van der Waals surface area contributed by atoms with Gasteiger partial charge in [0.05, 0.1) is 12.3 Å². The van der Waals surface area contributed by atoms with Crippen molar-refractivity contribution in [1.82, 2.24) is 10.7 Å². The molecule has 2 N–H and O–H groups in total. The molecule has 2 aromatic rings. The summed E-state index contributed by atoms with van der Waals surface area (Å²) in [5.41, 5.74) is 3.79. The van der Waals surface area contributed by atoms with Crippen LogP contribution in [-0.4, -0.2) is 24.1 Å². The molecule has 0 bridgehead atoms. The number of hydrogen-bond acceptors (Lipinski definition) is 4. The van der Waals surface area contributed by atoms with E-state index in [2.05, 4.69) is 15.8 Å². The summed E-state index contributed by atoms with van der Waals surface area (Å²) in [7, 11) is 0. The third kappa shape index (κ3) is 6.57. The molecule has 2 aromatic carbocycles. The van der Waals surface area contributed by atoms with Crippen molar-refractivity contribution in [2.24, 2.45) is 5.10 Å². The van der Waals surface area contributed by atoms with E-state index < -0.39 is 11.8 Å². The second-order valence-electron chi connectivity index (χ2n) is 5.74. The number of hydrazone groups is 1. The number of ether oxygens (including phenoxy) is 1. The molecular weight excluding hydrogens is 354 g/mol. The molecule has 6 nitrogen and oxygen atoms in total. The monoisotopic (exact) mass is 373 g/mol. The van der Waals surface area contributed by atoms with Gasteiger partial charge in [-0.15, -0.1) is 0 Å². The lowest BCUT2D eigenvalue weighted by atomic mass is 10.2. The Labute approximate surface area is 157 Å². The number of hydrogen-bond donors (Lipinski definition) is 2. The molecule has 26 heavy (non-hydrogen) atoms. The first-order chi connectivity index (χ1) is 12.4. The van der Waals surface area contributed by atoms with E-state index in [-0.39, 0.29) is 12.6 Å². The minimum atomic E-state index is -0.838. The van der Waals surface area contributed by atoms with Crippen LogP contribution in [0.15, 0.2) is 53.6 Å². The number of benzene rings is 2. The first-order valence-corrected chi connectivity index (χ1v) is 8.44. The maximum Gasteiger partial charge on any atom is 0.329 e. The van der Waals surface area contributed by atoms with Crippen molar-refractivity contribution in [2.45, 2.75) is 26.5 Å². The molecular formula is C19H20ClN3O3. The SMILES string of the molecule is CC(C)Oc1ccc(/C=N\NC(=O)C(=O)NCc2ccc(Cl)cc2)cc1. The second kappa shape index (κ2) is 9.58. The lowest BCUT2D eigenvalue weighted by Gasteiger charge is -2.09. The molecule has 0 spiro atoms. The summed E-state index contributed by atoms with van der Waals surface area (Å²) in [6, 6.07) is 14.2. The van der Waals surface area contributed by atoms with Gasteiger partial charge in [-0.05, 0) is 61.4 Å². The predicted octanol–water partition coefficient (Wildman–Crippen LogP) is 2.89. The Hall–Kier alpha value is -2.86. The average Bonchev–Trinajstić information content (AvgIpc) is 2.62. The maximum atomic E-state index is 11.7. The molecule has 0 heterocycles. The fourth-order valence-electron chi connectivity index (χ4n) is 1.99. The van der Waals surface area contributed by atoms with Gasteiger partial charge in [0.25, 0.3) is 0 Å². The van der Waals surface area contributed by atoms with Gasteiger partial charge in [0.15, 0.2) is 0 Å². The molecule has 0 aliphatic carbocycles. The molecule has 0 fully saturated rings. The second-order valence-corrected chi connectivity index (χ2v) is 6.18. The number of nitrogens with one attached hydrogen (secondary N) is 2. The quantitative estimate of drug-likeness (QED) is 0.464. The van der Waals surface area contributed by atoms with Crippen molar-refractivity contribution in [2.75, 3.05) is 0 Å². The Morgan fingerprint density at radius 2 is 1.73 bits per heavy atom. The Kier molecular flexibility index (Phi) is 7.17. The first kappa shape index (κ1) is 19.5. The molecule has 0 aliphatic heterocycles. The Balaban J connectivity index is 1.78. The Morgan fingerprint density at radius 3 is 2.35 bits per heavy atom. The van der Waals surface area contributed by atoms with E-state index in [1.807, 2.05) is 26.0 Å². The summed E-state index contributed by atoms with van der Waals surface area (Å²) in [6.07, 6.45) is 1.55. The van der Waals surface area contributed by atoms with Gasteiger partial charge in [-0.3, -0.25) is 9.59 Å². The van der Waals surface area contributed by atoms with Crippen LogP contribution in [0.2, 0.25) is 5.02 Å². The summed E-state index contributed by atoms with van der Waals surface area (Å²) in [6.45, 7) is 4.12. The zero-order chi connectivity index (χ0) is 18.9. The van der Waals surface area contributed by atoms with Crippen molar-refractivity contribution in [3.63, 3.8) is 0 Å². The summed E-state index contributed by atoms with van der Waals surface area (Å²) in [5.74, 6) is -0.851. The molecule has 0 aliphatic rings. The zero-order valence-corrected chi connectivity index (χ0v) is 15.3. The van der Waals surface area contributed by atoms with Crippen LogP contribution >= 0.6 is 11.6 Å². The molecule has 2 rings (SSSR count). The topological polar surface area (TPSA) is 79.8 Å². The highest BCUT2D eigenvalue weighted by Crippen LogP contribution is 2.12. The van der Waals surface area contributed by atoms with Gasteiger partial charge in [-0.1, -0.05) is 23.7 Å². The Morgan fingerprint density at radius 1 is 1.08 bits per heavy atom. The summed E-state index contributed by atoms with van der Waals surface area (Å²) >= 11 is 5.79. The fourth-order valence-corrected chi connectivity index (χ4v) is 2.11. The molecule has 0 unspecified atom stereocenters. The van der Waals surface area contributed by atoms with Crippen LogP contribution in [0.1, 0.15) is 25.0 Å². The minimum Gasteiger partial charge on any atom is -0.491 e. The van der Waals surface area contributed by atoms with E-state index in [1.54, 1.807) is 36.4 Å². The highest BCUT2D eigenvalue weighted by Gasteiger charge is 2.11. The largest absolute Gasteiger partial charge is 0.491 e. The van der Waals surface area contributed by atoms with E-state index in [0.717, 1.165) is 16.9 Å². The van der Waals surface area contributed by atoms with Crippen molar-refractivity contribution in [3.05, 3.63) is 64.7 Å². The summed E-state index contributed by atoms with van der Waals surface area (Å²) in [5, 5.41) is 6.89. The third-order valence-corrected chi connectivity index (χ3v) is 3.46.